The Kier molecular flexibility index (Phi) is 4.24. The van der Waals surface area contributed by atoms with E-state index in [1.54, 1.807) is 0 Å². The minimum atomic E-state index is 0.561. The lowest BCUT2D eigenvalue weighted by Crippen LogP contribution is -1.94. The molecular weight excluding hydrogens is 266 g/mol. The molecule has 0 aromatic heterocycles. The number of benzene rings is 3. The van der Waals surface area contributed by atoms with Gasteiger partial charge < -0.3 is 5.32 Å². The first-order chi connectivity index (χ1) is 10.7. The Labute approximate surface area is 132 Å². The van der Waals surface area contributed by atoms with Gasteiger partial charge >= 0.3 is 0 Å². The maximum atomic E-state index is 3.54. The molecule has 110 valence electrons. The highest BCUT2D eigenvalue weighted by Crippen LogP contribution is 2.30. The Bertz CT molecular complexity index is 727. The first-order valence-electron chi connectivity index (χ1n) is 7.75. The number of anilines is 2. The Hall–Kier alpha value is -2.54. The zero-order valence-electron chi connectivity index (χ0n) is 13.1. The molecule has 0 aliphatic rings. The molecule has 1 heteroatoms. The van der Waals surface area contributed by atoms with Gasteiger partial charge in [-0.3, -0.25) is 0 Å². The number of nitrogens with one attached hydrogen (secondary N) is 1. The second-order valence-corrected chi connectivity index (χ2v) is 5.81. The van der Waals surface area contributed by atoms with Gasteiger partial charge in [-0.05, 0) is 35.2 Å². The highest BCUT2D eigenvalue weighted by molar-refractivity contribution is 5.80. The third-order valence-corrected chi connectivity index (χ3v) is 3.87. The van der Waals surface area contributed by atoms with Crippen molar-refractivity contribution >= 4 is 11.4 Å². The van der Waals surface area contributed by atoms with Gasteiger partial charge in [0.05, 0.1) is 0 Å². The van der Waals surface area contributed by atoms with Crippen LogP contribution in [0.1, 0.15) is 25.3 Å². The summed E-state index contributed by atoms with van der Waals surface area (Å²) in [5.74, 6) is 0.561. The Morgan fingerprint density at radius 2 is 1.32 bits per heavy atom. The first-order valence-corrected chi connectivity index (χ1v) is 7.75. The molecule has 0 aliphatic carbocycles. The van der Waals surface area contributed by atoms with E-state index < -0.39 is 0 Å². The number of hydrogen-bond donors (Lipinski definition) is 1. The van der Waals surface area contributed by atoms with Gasteiger partial charge in [0.15, 0.2) is 0 Å². The summed E-state index contributed by atoms with van der Waals surface area (Å²) >= 11 is 0. The van der Waals surface area contributed by atoms with E-state index in [1.165, 1.54) is 16.7 Å². The lowest BCUT2D eigenvalue weighted by molar-refractivity contribution is 0.867. The van der Waals surface area contributed by atoms with E-state index >= 15 is 0 Å². The van der Waals surface area contributed by atoms with Crippen molar-refractivity contribution in [3.05, 3.63) is 84.4 Å². The summed E-state index contributed by atoms with van der Waals surface area (Å²) in [5.41, 5.74) is 6.06. The summed E-state index contributed by atoms with van der Waals surface area (Å²) in [5, 5.41) is 3.54. The molecule has 3 rings (SSSR count). The highest BCUT2D eigenvalue weighted by atomic mass is 14.9. The molecule has 0 unspecified atom stereocenters. The summed E-state index contributed by atoms with van der Waals surface area (Å²) in [6.07, 6.45) is 0. The minimum Gasteiger partial charge on any atom is -0.355 e. The van der Waals surface area contributed by atoms with E-state index in [-0.39, 0.29) is 0 Å². The van der Waals surface area contributed by atoms with Crippen molar-refractivity contribution in [2.45, 2.75) is 19.8 Å². The van der Waals surface area contributed by atoms with Crippen LogP contribution in [-0.4, -0.2) is 0 Å². The Balaban J connectivity index is 1.90. The SMILES string of the molecule is CC(C)c1ccc(Nc2ccccc2-c2ccccc2)cc1. The molecule has 3 aromatic rings. The molecule has 0 radical (unpaired) electrons. The zero-order chi connectivity index (χ0) is 15.4. The second-order valence-electron chi connectivity index (χ2n) is 5.81. The van der Waals surface area contributed by atoms with Crippen LogP contribution < -0.4 is 5.32 Å². The number of para-hydroxylation sites is 1. The zero-order valence-corrected chi connectivity index (χ0v) is 13.1. The summed E-state index contributed by atoms with van der Waals surface area (Å²) in [7, 11) is 0. The molecular formula is C21H21N. The monoisotopic (exact) mass is 287 g/mol. The van der Waals surface area contributed by atoms with Crippen LogP contribution in [0, 0.1) is 0 Å². The Morgan fingerprint density at radius 1 is 0.682 bits per heavy atom. The fourth-order valence-electron chi connectivity index (χ4n) is 2.57. The maximum absolute atomic E-state index is 3.54. The van der Waals surface area contributed by atoms with E-state index in [9.17, 15) is 0 Å². The van der Waals surface area contributed by atoms with Gasteiger partial charge in [-0.25, -0.2) is 0 Å². The Morgan fingerprint density at radius 3 is 2.00 bits per heavy atom. The average molecular weight is 287 g/mol. The van der Waals surface area contributed by atoms with E-state index in [2.05, 4.69) is 92.0 Å². The van der Waals surface area contributed by atoms with Gasteiger partial charge in [0, 0.05) is 16.9 Å². The lowest BCUT2D eigenvalue weighted by atomic mass is 10.0. The maximum Gasteiger partial charge on any atom is 0.0463 e. The largest absolute Gasteiger partial charge is 0.355 e. The quantitative estimate of drug-likeness (QED) is 0.600. The molecule has 0 aliphatic heterocycles. The van der Waals surface area contributed by atoms with Gasteiger partial charge in [-0.2, -0.15) is 0 Å². The van der Waals surface area contributed by atoms with Gasteiger partial charge in [-0.15, -0.1) is 0 Å². The van der Waals surface area contributed by atoms with Crippen molar-refractivity contribution in [2.24, 2.45) is 0 Å². The normalized spacial score (nSPS) is 10.7. The van der Waals surface area contributed by atoms with Crippen LogP contribution >= 0.6 is 0 Å². The van der Waals surface area contributed by atoms with Crippen LogP contribution in [0.15, 0.2) is 78.9 Å². The lowest BCUT2D eigenvalue weighted by Gasteiger charge is -2.13. The standard InChI is InChI=1S/C21H21N/c1-16(2)17-12-14-19(15-13-17)22-21-11-7-6-10-20(21)18-8-4-3-5-9-18/h3-16,22H,1-2H3. The van der Waals surface area contributed by atoms with Crippen molar-refractivity contribution in [3.8, 4) is 11.1 Å². The number of hydrogen-bond acceptors (Lipinski definition) is 1. The van der Waals surface area contributed by atoms with Crippen molar-refractivity contribution in [1.29, 1.82) is 0 Å². The van der Waals surface area contributed by atoms with Gasteiger partial charge in [0.1, 0.15) is 0 Å². The van der Waals surface area contributed by atoms with Gasteiger partial charge in [0.25, 0.3) is 0 Å². The molecule has 0 bridgehead atoms. The molecule has 0 saturated carbocycles. The van der Waals surface area contributed by atoms with Crippen LogP contribution in [0.4, 0.5) is 11.4 Å². The van der Waals surface area contributed by atoms with Crippen LogP contribution in [0.25, 0.3) is 11.1 Å². The van der Waals surface area contributed by atoms with Crippen molar-refractivity contribution < 1.29 is 0 Å². The van der Waals surface area contributed by atoms with Crippen LogP contribution in [0.2, 0.25) is 0 Å². The predicted molar refractivity (Wildman–Crippen MR) is 95.7 cm³/mol. The fourth-order valence-corrected chi connectivity index (χ4v) is 2.57. The smallest absolute Gasteiger partial charge is 0.0463 e. The van der Waals surface area contributed by atoms with E-state index in [4.69, 9.17) is 0 Å². The summed E-state index contributed by atoms with van der Waals surface area (Å²) in [6.45, 7) is 4.43. The van der Waals surface area contributed by atoms with E-state index in [1.807, 2.05) is 6.07 Å². The third-order valence-electron chi connectivity index (χ3n) is 3.87. The molecule has 0 amide bonds. The average Bonchev–Trinajstić information content (AvgIpc) is 2.57. The van der Waals surface area contributed by atoms with Crippen LogP contribution in [-0.2, 0) is 0 Å². The molecule has 1 N–H and O–H groups in total. The highest BCUT2D eigenvalue weighted by Gasteiger charge is 2.05. The molecule has 0 atom stereocenters. The number of rotatable bonds is 4. The molecule has 3 aromatic carbocycles. The molecule has 0 saturated heterocycles. The van der Waals surface area contributed by atoms with Gasteiger partial charge in [0.2, 0.25) is 0 Å². The molecule has 0 spiro atoms. The van der Waals surface area contributed by atoms with Crippen molar-refractivity contribution in [2.75, 3.05) is 5.32 Å². The summed E-state index contributed by atoms with van der Waals surface area (Å²) in [4.78, 5) is 0. The van der Waals surface area contributed by atoms with Crippen LogP contribution in [0.5, 0.6) is 0 Å². The van der Waals surface area contributed by atoms with Crippen molar-refractivity contribution in [1.82, 2.24) is 0 Å². The molecule has 1 nitrogen and oxygen atoms in total. The van der Waals surface area contributed by atoms with E-state index in [0.717, 1.165) is 11.4 Å². The fraction of sp³-hybridized carbons (Fsp3) is 0.143. The summed E-state index contributed by atoms with van der Waals surface area (Å²) in [6, 6.07) is 27.6. The molecule has 22 heavy (non-hydrogen) atoms. The predicted octanol–water partition coefficient (Wildman–Crippen LogP) is 6.22. The van der Waals surface area contributed by atoms with Crippen LogP contribution in [0.3, 0.4) is 0 Å². The second kappa shape index (κ2) is 6.48. The third kappa shape index (κ3) is 3.20. The topological polar surface area (TPSA) is 12.0 Å². The minimum absolute atomic E-state index is 0.561. The molecule has 0 heterocycles. The molecule has 0 fully saturated rings. The first kappa shape index (κ1) is 14.4. The van der Waals surface area contributed by atoms with Crippen molar-refractivity contribution in [3.63, 3.8) is 0 Å². The van der Waals surface area contributed by atoms with E-state index in [0.29, 0.717) is 5.92 Å². The van der Waals surface area contributed by atoms with Gasteiger partial charge in [-0.1, -0.05) is 74.5 Å². The summed E-state index contributed by atoms with van der Waals surface area (Å²) < 4.78 is 0.